The van der Waals surface area contributed by atoms with Gasteiger partial charge in [-0.3, -0.25) is 0 Å². The van der Waals surface area contributed by atoms with Crippen molar-refractivity contribution in [1.82, 2.24) is 15.0 Å². The van der Waals surface area contributed by atoms with Crippen LogP contribution in [0, 0.1) is 0 Å². The van der Waals surface area contributed by atoms with E-state index in [1.54, 1.807) is 12.4 Å². The number of nitrogens with zero attached hydrogens (tertiary/aromatic N) is 4. The predicted molar refractivity (Wildman–Crippen MR) is 92.6 cm³/mol. The van der Waals surface area contributed by atoms with Gasteiger partial charge < -0.3 is 10.2 Å². The summed E-state index contributed by atoms with van der Waals surface area (Å²) in [5.41, 5.74) is 1.03. The van der Waals surface area contributed by atoms with Gasteiger partial charge >= 0.3 is 0 Å². The first-order valence-corrected chi connectivity index (χ1v) is 8.03. The molecule has 0 spiro atoms. The summed E-state index contributed by atoms with van der Waals surface area (Å²) in [5.74, 6) is 1.79. The van der Waals surface area contributed by atoms with Crippen LogP contribution in [0.4, 0.5) is 11.8 Å². The second kappa shape index (κ2) is 6.20. The number of piperidine rings is 1. The van der Waals surface area contributed by atoms with Gasteiger partial charge in [0.15, 0.2) is 0 Å². The Morgan fingerprint density at radius 2 is 1.70 bits per heavy atom. The summed E-state index contributed by atoms with van der Waals surface area (Å²) in [7, 11) is 0. The van der Waals surface area contributed by atoms with Crippen molar-refractivity contribution >= 4 is 22.7 Å². The fourth-order valence-corrected chi connectivity index (χ4v) is 3.03. The summed E-state index contributed by atoms with van der Waals surface area (Å²) in [6, 6.07) is 14.7. The SMILES string of the molecule is c1cnc(N2CCC(Nc3ccc4ccccc4n3)CC2)nc1. The van der Waals surface area contributed by atoms with E-state index >= 15 is 0 Å². The molecule has 1 aliphatic heterocycles. The molecule has 0 radical (unpaired) electrons. The van der Waals surface area contributed by atoms with Crippen molar-refractivity contribution < 1.29 is 0 Å². The number of anilines is 2. The molecule has 0 atom stereocenters. The summed E-state index contributed by atoms with van der Waals surface area (Å²) in [6.07, 6.45) is 5.72. The third-order valence-corrected chi connectivity index (χ3v) is 4.28. The molecule has 0 saturated carbocycles. The van der Waals surface area contributed by atoms with Crippen LogP contribution in [0.5, 0.6) is 0 Å². The molecule has 0 aliphatic carbocycles. The standard InChI is InChI=1S/C18H19N5/c1-2-5-16-14(4-1)6-7-17(22-16)21-15-8-12-23(13-9-15)18-19-10-3-11-20-18/h1-7,10-11,15H,8-9,12-13H2,(H,21,22). The van der Waals surface area contributed by atoms with E-state index in [0.29, 0.717) is 6.04 Å². The molecule has 0 bridgehead atoms. The van der Waals surface area contributed by atoms with E-state index in [4.69, 9.17) is 4.98 Å². The van der Waals surface area contributed by atoms with Gasteiger partial charge in [0, 0.05) is 36.9 Å². The van der Waals surface area contributed by atoms with Gasteiger partial charge in [0.05, 0.1) is 5.52 Å². The fraction of sp³-hybridized carbons (Fsp3) is 0.278. The molecule has 5 nitrogen and oxygen atoms in total. The Balaban J connectivity index is 1.40. The lowest BCUT2D eigenvalue weighted by atomic mass is 10.1. The van der Waals surface area contributed by atoms with Crippen molar-refractivity contribution in [3.63, 3.8) is 0 Å². The number of aromatic nitrogens is 3. The molecule has 116 valence electrons. The van der Waals surface area contributed by atoms with Crippen LogP contribution >= 0.6 is 0 Å². The second-order valence-corrected chi connectivity index (χ2v) is 5.84. The highest BCUT2D eigenvalue weighted by molar-refractivity contribution is 5.80. The van der Waals surface area contributed by atoms with Gasteiger partial charge in [-0.25, -0.2) is 15.0 Å². The molecule has 0 unspecified atom stereocenters. The van der Waals surface area contributed by atoms with Crippen LogP contribution < -0.4 is 10.2 Å². The minimum absolute atomic E-state index is 0.448. The Kier molecular flexibility index (Phi) is 3.76. The molecule has 1 aromatic carbocycles. The number of hydrogen-bond acceptors (Lipinski definition) is 5. The average molecular weight is 305 g/mol. The lowest BCUT2D eigenvalue weighted by Crippen LogP contribution is -2.40. The monoisotopic (exact) mass is 305 g/mol. The maximum absolute atomic E-state index is 4.70. The Bertz CT molecular complexity index is 782. The van der Waals surface area contributed by atoms with Crippen molar-refractivity contribution in [3.05, 3.63) is 54.9 Å². The summed E-state index contributed by atoms with van der Waals surface area (Å²) in [5, 5.41) is 4.74. The minimum Gasteiger partial charge on any atom is -0.367 e. The molecule has 1 aliphatic rings. The van der Waals surface area contributed by atoms with Gasteiger partial charge in [-0.1, -0.05) is 18.2 Å². The number of para-hydroxylation sites is 1. The first-order chi connectivity index (χ1) is 11.4. The molecule has 3 heterocycles. The first-order valence-electron chi connectivity index (χ1n) is 8.03. The van der Waals surface area contributed by atoms with Gasteiger partial charge in [-0.15, -0.1) is 0 Å². The molecule has 1 saturated heterocycles. The highest BCUT2D eigenvalue weighted by Crippen LogP contribution is 2.20. The Morgan fingerprint density at radius 1 is 0.913 bits per heavy atom. The van der Waals surface area contributed by atoms with Crippen molar-refractivity contribution in [3.8, 4) is 0 Å². The number of fused-ring (bicyclic) bond motifs is 1. The third kappa shape index (κ3) is 3.08. The maximum atomic E-state index is 4.70. The van der Waals surface area contributed by atoms with E-state index in [-0.39, 0.29) is 0 Å². The highest BCUT2D eigenvalue weighted by Gasteiger charge is 2.20. The zero-order chi connectivity index (χ0) is 15.5. The van der Waals surface area contributed by atoms with Crippen molar-refractivity contribution in [2.24, 2.45) is 0 Å². The van der Waals surface area contributed by atoms with Gasteiger partial charge in [-0.05, 0) is 37.1 Å². The van der Waals surface area contributed by atoms with Crippen molar-refractivity contribution in [2.45, 2.75) is 18.9 Å². The molecule has 2 aromatic heterocycles. The van der Waals surface area contributed by atoms with Gasteiger partial charge in [0.1, 0.15) is 5.82 Å². The quantitative estimate of drug-likeness (QED) is 0.806. The molecule has 3 aromatic rings. The van der Waals surface area contributed by atoms with E-state index in [0.717, 1.165) is 43.2 Å². The zero-order valence-electron chi connectivity index (χ0n) is 12.9. The van der Waals surface area contributed by atoms with Gasteiger partial charge in [0.2, 0.25) is 5.95 Å². The summed E-state index contributed by atoms with van der Waals surface area (Å²) in [4.78, 5) is 15.6. The molecule has 0 amide bonds. The number of benzene rings is 1. The molecule has 4 rings (SSSR count). The summed E-state index contributed by atoms with van der Waals surface area (Å²) < 4.78 is 0. The van der Waals surface area contributed by atoms with Crippen molar-refractivity contribution in [2.75, 3.05) is 23.3 Å². The van der Waals surface area contributed by atoms with Gasteiger partial charge in [0.25, 0.3) is 0 Å². The number of pyridine rings is 1. The van der Waals surface area contributed by atoms with E-state index in [9.17, 15) is 0 Å². The molecular formula is C18H19N5. The number of rotatable bonds is 3. The largest absolute Gasteiger partial charge is 0.367 e. The maximum Gasteiger partial charge on any atom is 0.225 e. The smallest absolute Gasteiger partial charge is 0.225 e. The Hall–Kier alpha value is -2.69. The van der Waals surface area contributed by atoms with E-state index in [1.807, 2.05) is 18.2 Å². The third-order valence-electron chi connectivity index (χ3n) is 4.28. The number of nitrogens with one attached hydrogen (secondary N) is 1. The normalized spacial score (nSPS) is 15.7. The lowest BCUT2D eigenvalue weighted by Gasteiger charge is -2.32. The number of hydrogen-bond donors (Lipinski definition) is 1. The first kappa shape index (κ1) is 13.9. The Morgan fingerprint density at radius 3 is 2.52 bits per heavy atom. The lowest BCUT2D eigenvalue weighted by molar-refractivity contribution is 0.519. The van der Waals surface area contributed by atoms with E-state index < -0.39 is 0 Å². The van der Waals surface area contributed by atoms with Crippen LogP contribution in [0.2, 0.25) is 0 Å². The second-order valence-electron chi connectivity index (χ2n) is 5.84. The average Bonchev–Trinajstić information content (AvgIpc) is 2.63. The summed E-state index contributed by atoms with van der Waals surface area (Å²) in [6.45, 7) is 1.94. The van der Waals surface area contributed by atoms with Crippen LogP contribution in [-0.2, 0) is 0 Å². The molecule has 5 heteroatoms. The topological polar surface area (TPSA) is 53.9 Å². The summed E-state index contributed by atoms with van der Waals surface area (Å²) >= 11 is 0. The molecule has 1 fully saturated rings. The molecule has 23 heavy (non-hydrogen) atoms. The molecular weight excluding hydrogens is 286 g/mol. The minimum atomic E-state index is 0.448. The van der Waals surface area contributed by atoms with E-state index in [2.05, 4.69) is 44.5 Å². The zero-order valence-corrected chi connectivity index (χ0v) is 12.9. The van der Waals surface area contributed by atoms with Gasteiger partial charge in [-0.2, -0.15) is 0 Å². The molecule has 1 N–H and O–H groups in total. The van der Waals surface area contributed by atoms with Crippen molar-refractivity contribution in [1.29, 1.82) is 0 Å². The van der Waals surface area contributed by atoms with Crippen LogP contribution in [0.3, 0.4) is 0 Å². The van der Waals surface area contributed by atoms with Crippen LogP contribution in [0.25, 0.3) is 10.9 Å². The fourth-order valence-electron chi connectivity index (χ4n) is 3.03. The van der Waals surface area contributed by atoms with Crippen LogP contribution in [0.1, 0.15) is 12.8 Å². The Labute approximate surface area is 135 Å². The highest BCUT2D eigenvalue weighted by atomic mass is 15.3. The predicted octanol–water partition coefficient (Wildman–Crippen LogP) is 3.11. The van der Waals surface area contributed by atoms with E-state index in [1.165, 1.54) is 5.39 Å². The van der Waals surface area contributed by atoms with Crippen LogP contribution in [-0.4, -0.2) is 34.1 Å². The van der Waals surface area contributed by atoms with Crippen LogP contribution in [0.15, 0.2) is 54.9 Å².